The van der Waals surface area contributed by atoms with E-state index in [0.717, 1.165) is 5.37 Å². The highest BCUT2D eigenvalue weighted by atomic mass is 32.1. The van der Waals surface area contributed by atoms with Crippen LogP contribution in [0.4, 0.5) is 4.79 Å². The number of aliphatic hydroxyl groups is 3. The number of thiocarbonyl (C=S) groups is 1. The van der Waals surface area contributed by atoms with E-state index in [4.69, 9.17) is 10.2 Å². The van der Waals surface area contributed by atoms with Crippen LogP contribution in [0.3, 0.4) is 0 Å². The summed E-state index contributed by atoms with van der Waals surface area (Å²) in [5.74, 6) is -0.0879. The highest BCUT2D eigenvalue weighted by Gasteiger charge is 2.31. The van der Waals surface area contributed by atoms with E-state index in [1.54, 1.807) is 0 Å². The van der Waals surface area contributed by atoms with Gasteiger partial charge in [-0.25, -0.2) is 4.79 Å². The molecular formula is C7H12O6S2. The third-order valence-electron chi connectivity index (χ3n) is 1.64. The molecule has 0 spiro atoms. The van der Waals surface area contributed by atoms with Crippen molar-refractivity contribution in [2.75, 3.05) is 5.75 Å². The molecule has 4 atom stereocenters. The van der Waals surface area contributed by atoms with Gasteiger partial charge in [0.1, 0.15) is 12.2 Å². The van der Waals surface area contributed by atoms with E-state index in [-0.39, 0.29) is 5.75 Å². The molecule has 0 amide bonds. The molecule has 0 bridgehead atoms. The summed E-state index contributed by atoms with van der Waals surface area (Å²) in [4.78, 5) is 10.2. The first kappa shape index (κ1) is 14.6. The van der Waals surface area contributed by atoms with Crippen molar-refractivity contribution >= 4 is 36.4 Å². The van der Waals surface area contributed by atoms with E-state index in [1.165, 1.54) is 0 Å². The molecule has 0 aliphatic rings. The number of hydrogen-bond donors (Lipinski definition) is 5. The van der Waals surface area contributed by atoms with Gasteiger partial charge in [-0.3, -0.25) is 0 Å². The summed E-state index contributed by atoms with van der Waals surface area (Å²) in [6, 6.07) is 0. The Morgan fingerprint density at radius 1 is 1.40 bits per heavy atom. The molecule has 8 heteroatoms. The zero-order valence-corrected chi connectivity index (χ0v) is 9.27. The van der Waals surface area contributed by atoms with Crippen LogP contribution in [0.15, 0.2) is 0 Å². The van der Waals surface area contributed by atoms with Gasteiger partial charge in [-0.1, -0.05) is 12.2 Å². The van der Waals surface area contributed by atoms with Crippen LogP contribution in [0, 0.1) is 0 Å². The lowest BCUT2D eigenvalue weighted by molar-refractivity contribution is -0.0869. The van der Waals surface area contributed by atoms with Crippen LogP contribution in [0.25, 0.3) is 0 Å². The first-order valence-electron chi connectivity index (χ1n) is 3.94. The molecule has 0 heterocycles. The number of ether oxygens (including phenoxy) is 1. The number of carboxylic acid groups (broad SMARTS) is 1. The topological polar surface area (TPSA) is 107 Å². The molecule has 0 unspecified atom stereocenters. The van der Waals surface area contributed by atoms with Gasteiger partial charge in [-0.15, -0.1) is 0 Å². The van der Waals surface area contributed by atoms with Crippen molar-refractivity contribution < 1.29 is 30.0 Å². The molecule has 0 saturated carbocycles. The van der Waals surface area contributed by atoms with E-state index in [2.05, 4.69) is 29.6 Å². The van der Waals surface area contributed by atoms with E-state index in [9.17, 15) is 15.0 Å². The molecule has 15 heavy (non-hydrogen) atoms. The Kier molecular flexibility index (Phi) is 6.77. The first-order chi connectivity index (χ1) is 6.93. The zero-order valence-electron chi connectivity index (χ0n) is 7.55. The molecule has 0 aliphatic carbocycles. The first-order valence-corrected chi connectivity index (χ1v) is 5.04. The van der Waals surface area contributed by atoms with Crippen molar-refractivity contribution in [2.24, 2.45) is 0 Å². The fourth-order valence-corrected chi connectivity index (χ4v) is 1.26. The third kappa shape index (κ3) is 4.76. The van der Waals surface area contributed by atoms with Crippen molar-refractivity contribution in [3.05, 3.63) is 0 Å². The maximum atomic E-state index is 10.2. The second-order valence-corrected chi connectivity index (χ2v) is 3.35. The van der Waals surface area contributed by atoms with Crippen molar-refractivity contribution in [3.63, 3.8) is 0 Å². The van der Waals surface area contributed by atoms with Gasteiger partial charge >= 0.3 is 6.16 Å². The van der Waals surface area contributed by atoms with Crippen molar-refractivity contribution in [3.8, 4) is 0 Å². The average molecular weight is 256 g/mol. The molecule has 0 aromatic heterocycles. The molecule has 0 rings (SSSR count). The van der Waals surface area contributed by atoms with Gasteiger partial charge < -0.3 is 25.2 Å². The van der Waals surface area contributed by atoms with Crippen LogP contribution in [-0.2, 0) is 4.74 Å². The standard InChI is InChI=1S/C7H12O6S2/c8-3(1-14)5(9)6(10)4(2-15)13-7(11)12/h2-6,8-10,14H,1H2,(H,11,12)/t3-,4+,5-,6-/m1/s1. The molecule has 6 nitrogen and oxygen atoms in total. The van der Waals surface area contributed by atoms with Crippen LogP contribution in [0.5, 0.6) is 0 Å². The summed E-state index contributed by atoms with van der Waals surface area (Å²) >= 11 is 8.13. The summed E-state index contributed by atoms with van der Waals surface area (Å²) < 4.78 is 4.19. The molecule has 0 radical (unpaired) electrons. The van der Waals surface area contributed by atoms with Crippen LogP contribution in [-0.4, -0.2) is 62.1 Å². The van der Waals surface area contributed by atoms with Gasteiger partial charge in [0.2, 0.25) is 0 Å². The molecular weight excluding hydrogens is 244 g/mol. The van der Waals surface area contributed by atoms with E-state index < -0.39 is 30.6 Å². The Morgan fingerprint density at radius 3 is 2.27 bits per heavy atom. The minimum absolute atomic E-state index is 0.0879. The Labute approximate surface area is 96.9 Å². The fraction of sp³-hybridized carbons (Fsp3) is 0.714. The Morgan fingerprint density at radius 2 is 1.93 bits per heavy atom. The highest BCUT2D eigenvalue weighted by molar-refractivity contribution is 7.80. The molecule has 0 fully saturated rings. The number of rotatable bonds is 6. The van der Waals surface area contributed by atoms with Crippen LogP contribution in [0.1, 0.15) is 0 Å². The summed E-state index contributed by atoms with van der Waals surface area (Å²) in [6.45, 7) is 0. The van der Waals surface area contributed by atoms with Gasteiger partial charge in [0.25, 0.3) is 0 Å². The number of carbonyl (C=O) groups is 1. The lowest BCUT2D eigenvalue weighted by Gasteiger charge is -2.25. The quantitative estimate of drug-likeness (QED) is 0.237. The van der Waals surface area contributed by atoms with Gasteiger partial charge in [-0.2, -0.15) is 12.6 Å². The molecule has 4 N–H and O–H groups in total. The van der Waals surface area contributed by atoms with Crippen molar-refractivity contribution in [1.82, 2.24) is 0 Å². The van der Waals surface area contributed by atoms with E-state index in [0.29, 0.717) is 0 Å². The van der Waals surface area contributed by atoms with E-state index >= 15 is 0 Å². The Balaban J connectivity index is 4.42. The van der Waals surface area contributed by atoms with Crippen molar-refractivity contribution in [1.29, 1.82) is 0 Å². The van der Waals surface area contributed by atoms with Crippen molar-refractivity contribution in [2.45, 2.75) is 24.4 Å². The van der Waals surface area contributed by atoms with E-state index in [1.807, 2.05) is 0 Å². The molecule has 0 aromatic rings. The maximum absolute atomic E-state index is 10.2. The predicted molar refractivity (Wildman–Crippen MR) is 58.4 cm³/mol. The van der Waals surface area contributed by atoms with Gasteiger partial charge in [0.05, 0.1) is 6.10 Å². The van der Waals surface area contributed by atoms with Crippen LogP contribution in [0.2, 0.25) is 0 Å². The highest BCUT2D eigenvalue weighted by Crippen LogP contribution is 2.08. The normalized spacial score (nSPS) is 18.7. The number of thiol groups is 1. The lowest BCUT2D eigenvalue weighted by Crippen LogP contribution is -2.47. The Bertz CT molecular complexity index is 224. The molecule has 0 aliphatic heterocycles. The Hall–Kier alpha value is -0.410. The zero-order chi connectivity index (χ0) is 12.0. The minimum Gasteiger partial charge on any atom is -0.450 e. The summed E-state index contributed by atoms with van der Waals surface area (Å²) in [7, 11) is 0. The maximum Gasteiger partial charge on any atom is 0.506 e. The molecule has 0 saturated heterocycles. The summed E-state index contributed by atoms with van der Waals surface area (Å²) in [6.07, 6.45) is -7.50. The number of hydrogen-bond acceptors (Lipinski definition) is 7. The summed E-state index contributed by atoms with van der Waals surface area (Å²) in [5.41, 5.74) is 0. The molecule has 88 valence electrons. The monoisotopic (exact) mass is 256 g/mol. The van der Waals surface area contributed by atoms with Crippen LogP contribution >= 0.6 is 24.8 Å². The third-order valence-corrected chi connectivity index (χ3v) is 2.28. The smallest absolute Gasteiger partial charge is 0.450 e. The lowest BCUT2D eigenvalue weighted by atomic mass is 10.1. The SMILES string of the molecule is O=C(O)O[C@@H](C=S)[C@@H](O)[C@H](O)[C@H](O)CS. The van der Waals surface area contributed by atoms with Gasteiger partial charge in [0.15, 0.2) is 6.10 Å². The van der Waals surface area contributed by atoms with Gasteiger partial charge in [0, 0.05) is 11.1 Å². The number of aliphatic hydroxyl groups excluding tert-OH is 3. The van der Waals surface area contributed by atoms with Gasteiger partial charge in [-0.05, 0) is 0 Å². The van der Waals surface area contributed by atoms with Crippen LogP contribution < -0.4 is 0 Å². The second-order valence-electron chi connectivity index (χ2n) is 2.72. The second kappa shape index (κ2) is 6.96. The largest absolute Gasteiger partial charge is 0.506 e. The minimum atomic E-state index is -1.63. The predicted octanol–water partition coefficient (Wildman–Crippen LogP) is -0.938. The fourth-order valence-electron chi connectivity index (χ4n) is 0.824. The molecule has 0 aromatic carbocycles. The average Bonchev–Trinajstić information content (AvgIpc) is 2.22. The summed E-state index contributed by atoms with van der Waals surface area (Å²) in [5, 5.41) is 37.0.